The van der Waals surface area contributed by atoms with Crippen molar-refractivity contribution in [3.63, 3.8) is 0 Å². The molecule has 0 spiro atoms. The van der Waals surface area contributed by atoms with E-state index in [4.69, 9.17) is 9.47 Å². The second-order valence-electron chi connectivity index (χ2n) is 7.29. The van der Waals surface area contributed by atoms with Gasteiger partial charge in [0, 0.05) is 11.5 Å². The zero-order valence-electron chi connectivity index (χ0n) is 15.1. The highest BCUT2D eigenvalue weighted by Gasteiger charge is 2.37. The van der Waals surface area contributed by atoms with E-state index in [0.29, 0.717) is 17.7 Å². The van der Waals surface area contributed by atoms with Crippen LogP contribution < -0.4 is 9.47 Å². The lowest BCUT2D eigenvalue weighted by molar-refractivity contribution is -0.137. The lowest BCUT2D eigenvalue weighted by atomic mass is 9.81. The Kier molecular flexibility index (Phi) is 5.44. The first kappa shape index (κ1) is 17.3. The summed E-state index contributed by atoms with van der Waals surface area (Å²) in [7, 11) is 0. The molecule has 0 radical (unpaired) electrons. The van der Waals surface area contributed by atoms with Crippen LogP contribution in [0.25, 0.3) is 0 Å². The zero-order chi connectivity index (χ0) is 17.1. The first-order valence-corrected chi connectivity index (χ1v) is 9.32. The predicted octanol–water partition coefficient (Wildman–Crippen LogP) is 3.99. The number of carbonyl (C=O) groups excluding carboxylic acids is 1. The third-order valence-corrected chi connectivity index (χ3v) is 5.17. The molecule has 24 heavy (non-hydrogen) atoms. The van der Waals surface area contributed by atoms with Crippen molar-refractivity contribution >= 4 is 5.97 Å². The van der Waals surface area contributed by atoms with Gasteiger partial charge in [-0.3, -0.25) is 9.69 Å². The number of rotatable bonds is 5. The van der Waals surface area contributed by atoms with Gasteiger partial charge < -0.3 is 9.47 Å². The molecule has 1 saturated heterocycles. The Morgan fingerprint density at radius 1 is 1.42 bits per heavy atom. The van der Waals surface area contributed by atoms with E-state index in [1.54, 1.807) is 0 Å². The average molecular weight is 331 g/mol. The number of carbonyl (C=O) groups is 1. The number of fused-ring (bicyclic) bond motifs is 3. The third-order valence-electron chi connectivity index (χ3n) is 5.17. The second kappa shape index (κ2) is 7.56. The van der Waals surface area contributed by atoms with Crippen molar-refractivity contribution in [3.8, 4) is 11.5 Å². The quantitative estimate of drug-likeness (QED) is 0.604. The molecule has 4 nitrogen and oxygen atoms in total. The predicted molar refractivity (Wildman–Crippen MR) is 94.7 cm³/mol. The molecule has 4 heteroatoms. The van der Waals surface area contributed by atoms with E-state index < -0.39 is 0 Å². The molecule has 1 aromatic rings. The Morgan fingerprint density at radius 3 is 3.00 bits per heavy atom. The molecule has 0 aromatic heterocycles. The molecule has 2 heterocycles. The number of esters is 1. The van der Waals surface area contributed by atoms with Gasteiger partial charge in [-0.2, -0.15) is 0 Å². The highest BCUT2D eigenvalue weighted by molar-refractivity contribution is 5.74. The maximum atomic E-state index is 11.9. The lowest BCUT2D eigenvalue weighted by Gasteiger charge is -2.44. The summed E-state index contributed by atoms with van der Waals surface area (Å²) < 4.78 is 11.5. The largest absolute Gasteiger partial charge is 0.492 e. The Balaban J connectivity index is 1.80. The van der Waals surface area contributed by atoms with Crippen molar-refractivity contribution < 1.29 is 14.3 Å². The number of benzene rings is 1. The van der Waals surface area contributed by atoms with Gasteiger partial charge in [-0.05, 0) is 50.6 Å². The number of piperidine rings is 1. The Hall–Kier alpha value is -1.55. The van der Waals surface area contributed by atoms with Crippen LogP contribution in [0.5, 0.6) is 11.5 Å². The van der Waals surface area contributed by atoms with Crippen LogP contribution in [0.15, 0.2) is 18.2 Å². The highest BCUT2D eigenvalue weighted by Crippen LogP contribution is 2.42. The number of nitrogens with zero attached hydrogens (tertiary/aromatic N) is 1. The first-order valence-electron chi connectivity index (χ1n) is 9.32. The molecule has 0 aliphatic carbocycles. The standard InChI is InChI=1S/C20H29NO3/c1-4-5-10-21-11-6-7-16-17-12-15(24-20(22)14(2)3)8-9-19(17)23-13-18(16)21/h8-9,12,14,16,18H,4-7,10-11,13H2,1-3H3. The second-order valence-corrected chi connectivity index (χ2v) is 7.29. The van der Waals surface area contributed by atoms with Gasteiger partial charge in [-0.25, -0.2) is 0 Å². The van der Waals surface area contributed by atoms with Gasteiger partial charge in [-0.15, -0.1) is 0 Å². The van der Waals surface area contributed by atoms with Crippen molar-refractivity contribution in [1.82, 2.24) is 4.90 Å². The summed E-state index contributed by atoms with van der Waals surface area (Å²) in [5.41, 5.74) is 1.21. The van der Waals surface area contributed by atoms with Gasteiger partial charge in [0.25, 0.3) is 0 Å². The van der Waals surface area contributed by atoms with Crippen molar-refractivity contribution in [3.05, 3.63) is 23.8 Å². The molecule has 0 N–H and O–H groups in total. The first-order chi connectivity index (χ1) is 11.6. The number of likely N-dealkylation sites (tertiary alicyclic amines) is 1. The van der Waals surface area contributed by atoms with E-state index in [1.807, 2.05) is 32.0 Å². The average Bonchev–Trinajstić information content (AvgIpc) is 2.59. The van der Waals surface area contributed by atoms with E-state index in [-0.39, 0.29) is 11.9 Å². The minimum Gasteiger partial charge on any atom is -0.492 e. The SMILES string of the molecule is CCCCN1CCCC2c3cc(OC(=O)C(C)C)ccc3OCC21. The van der Waals surface area contributed by atoms with Gasteiger partial charge in [0.2, 0.25) is 0 Å². The molecule has 0 amide bonds. The topological polar surface area (TPSA) is 38.8 Å². The molecule has 2 aliphatic rings. The highest BCUT2D eigenvalue weighted by atomic mass is 16.5. The molecule has 1 aromatic carbocycles. The molecule has 2 atom stereocenters. The van der Waals surface area contributed by atoms with Crippen LogP contribution in [0.4, 0.5) is 0 Å². The Morgan fingerprint density at radius 2 is 2.25 bits per heavy atom. The number of hydrogen-bond donors (Lipinski definition) is 0. The van der Waals surface area contributed by atoms with E-state index in [2.05, 4.69) is 11.8 Å². The van der Waals surface area contributed by atoms with Crippen LogP contribution in [0.1, 0.15) is 57.9 Å². The van der Waals surface area contributed by atoms with Crippen LogP contribution in [0.3, 0.4) is 0 Å². The van der Waals surface area contributed by atoms with Crippen LogP contribution in [-0.4, -0.2) is 36.6 Å². The van der Waals surface area contributed by atoms with Crippen LogP contribution in [-0.2, 0) is 4.79 Å². The van der Waals surface area contributed by atoms with Crippen molar-refractivity contribution in [2.24, 2.45) is 5.92 Å². The van der Waals surface area contributed by atoms with Crippen LogP contribution in [0.2, 0.25) is 0 Å². The molecule has 2 aliphatic heterocycles. The summed E-state index contributed by atoms with van der Waals surface area (Å²) >= 11 is 0. The van der Waals surface area contributed by atoms with Gasteiger partial charge >= 0.3 is 5.97 Å². The molecule has 132 valence electrons. The molecule has 0 bridgehead atoms. The summed E-state index contributed by atoms with van der Waals surface area (Å²) in [6.07, 6.45) is 4.87. The van der Waals surface area contributed by atoms with Crippen LogP contribution >= 0.6 is 0 Å². The van der Waals surface area contributed by atoms with Crippen molar-refractivity contribution in [2.75, 3.05) is 19.7 Å². The van der Waals surface area contributed by atoms with Crippen LogP contribution in [0, 0.1) is 5.92 Å². The third kappa shape index (κ3) is 3.59. The Labute approximate surface area is 145 Å². The minimum atomic E-state index is -0.184. The summed E-state index contributed by atoms with van der Waals surface area (Å²) in [5.74, 6) is 1.78. The monoisotopic (exact) mass is 331 g/mol. The molecule has 0 saturated carbocycles. The fourth-order valence-electron chi connectivity index (χ4n) is 3.77. The maximum Gasteiger partial charge on any atom is 0.313 e. The Bertz CT molecular complexity index is 584. The van der Waals surface area contributed by atoms with Crippen molar-refractivity contribution in [2.45, 2.75) is 58.4 Å². The summed E-state index contributed by atoms with van der Waals surface area (Å²) in [6.45, 7) is 9.04. The summed E-state index contributed by atoms with van der Waals surface area (Å²) in [6, 6.07) is 6.28. The fourth-order valence-corrected chi connectivity index (χ4v) is 3.77. The number of hydrogen-bond acceptors (Lipinski definition) is 4. The van der Waals surface area contributed by atoms with Gasteiger partial charge in [0.15, 0.2) is 0 Å². The van der Waals surface area contributed by atoms with Gasteiger partial charge in [-0.1, -0.05) is 27.2 Å². The minimum absolute atomic E-state index is 0.121. The van der Waals surface area contributed by atoms with E-state index in [0.717, 1.165) is 18.9 Å². The number of unbranched alkanes of at least 4 members (excludes halogenated alkanes) is 1. The van der Waals surface area contributed by atoms with Gasteiger partial charge in [0.1, 0.15) is 18.1 Å². The lowest BCUT2D eigenvalue weighted by Crippen LogP contribution is -2.49. The zero-order valence-corrected chi connectivity index (χ0v) is 15.1. The molecule has 1 fully saturated rings. The summed E-state index contributed by atoms with van der Waals surface area (Å²) in [4.78, 5) is 14.5. The molecule has 2 unspecified atom stereocenters. The van der Waals surface area contributed by atoms with E-state index >= 15 is 0 Å². The molecular formula is C20H29NO3. The summed E-state index contributed by atoms with van der Waals surface area (Å²) in [5, 5.41) is 0. The number of ether oxygens (including phenoxy) is 2. The maximum absolute atomic E-state index is 11.9. The van der Waals surface area contributed by atoms with E-state index in [9.17, 15) is 4.79 Å². The van der Waals surface area contributed by atoms with Gasteiger partial charge in [0.05, 0.1) is 12.0 Å². The molecular weight excluding hydrogens is 302 g/mol. The normalized spacial score (nSPS) is 23.3. The van der Waals surface area contributed by atoms with Crippen molar-refractivity contribution in [1.29, 1.82) is 0 Å². The fraction of sp³-hybridized carbons (Fsp3) is 0.650. The van der Waals surface area contributed by atoms with E-state index in [1.165, 1.54) is 37.8 Å². The smallest absolute Gasteiger partial charge is 0.313 e. The molecule has 3 rings (SSSR count).